The van der Waals surface area contributed by atoms with E-state index in [9.17, 15) is 4.39 Å². The van der Waals surface area contributed by atoms with Gasteiger partial charge >= 0.3 is 0 Å². The number of nitrogens with one attached hydrogen (secondary N) is 1. The third-order valence-corrected chi connectivity index (χ3v) is 3.65. The van der Waals surface area contributed by atoms with Crippen LogP contribution in [0.5, 0.6) is 0 Å². The molecule has 0 spiro atoms. The zero-order valence-electron chi connectivity index (χ0n) is 10.2. The molecule has 4 heteroatoms. The summed E-state index contributed by atoms with van der Waals surface area (Å²) < 4.78 is 13.3. The minimum Gasteiger partial charge on any atom is -0.396 e. The second-order valence-electron chi connectivity index (χ2n) is 4.88. The molecule has 0 saturated heterocycles. The van der Waals surface area contributed by atoms with Gasteiger partial charge in [0, 0.05) is 49.3 Å². The molecule has 0 bridgehead atoms. The highest BCUT2D eigenvalue weighted by atomic mass is 19.1. The Hall–Kier alpha value is -1.39. The largest absolute Gasteiger partial charge is 0.396 e. The first kappa shape index (κ1) is 11.7. The van der Waals surface area contributed by atoms with Crippen LogP contribution in [0.15, 0.2) is 18.2 Å². The van der Waals surface area contributed by atoms with Crippen LogP contribution < -0.4 is 0 Å². The summed E-state index contributed by atoms with van der Waals surface area (Å²) in [6.45, 7) is 2.98. The number of hydrogen-bond donors (Lipinski definition) is 2. The summed E-state index contributed by atoms with van der Waals surface area (Å²) in [4.78, 5) is 5.69. The molecule has 18 heavy (non-hydrogen) atoms. The van der Waals surface area contributed by atoms with Crippen molar-refractivity contribution in [3.63, 3.8) is 0 Å². The molecular formula is C14H17FN2O. The molecule has 2 aromatic rings. The van der Waals surface area contributed by atoms with Crippen LogP contribution in [-0.4, -0.2) is 34.7 Å². The Balaban J connectivity index is 1.93. The zero-order chi connectivity index (χ0) is 12.5. The predicted molar refractivity (Wildman–Crippen MR) is 68.9 cm³/mol. The van der Waals surface area contributed by atoms with Gasteiger partial charge in [-0.05, 0) is 30.2 Å². The first-order valence-electron chi connectivity index (χ1n) is 6.40. The van der Waals surface area contributed by atoms with Gasteiger partial charge in [-0.2, -0.15) is 0 Å². The third-order valence-electron chi connectivity index (χ3n) is 3.65. The fourth-order valence-electron chi connectivity index (χ4n) is 2.73. The molecule has 1 aliphatic rings. The quantitative estimate of drug-likeness (QED) is 0.872. The fourth-order valence-corrected chi connectivity index (χ4v) is 2.73. The molecule has 1 aromatic carbocycles. The van der Waals surface area contributed by atoms with E-state index in [1.54, 1.807) is 12.1 Å². The van der Waals surface area contributed by atoms with Crippen LogP contribution in [-0.2, 0) is 13.0 Å². The van der Waals surface area contributed by atoms with E-state index in [0.29, 0.717) is 0 Å². The van der Waals surface area contributed by atoms with Crippen LogP contribution in [0.1, 0.15) is 17.7 Å². The maximum Gasteiger partial charge on any atom is 0.123 e. The van der Waals surface area contributed by atoms with E-state index in [0.717, 1.165) is 43.4 Å². The van der Waals surface area contributed by atoms with Crippen molar-refractivity contribution in [2.24, 2.45) is 0 Å². The molecule has 2 heterocycles. The summed E-state index contributed by atoms with van der Waals surface area (Å²) in [7, 11) is 0. The number of hydrogen-bond acceptors (Lipinski definition) is 2. The van der Waals surface area contributed by atoms with E-state index in [2.05, 4.69) is 9.88 Å². The maximum atomic E-state index is 13.3. The Kier molecular flexibility index (Phi) is 3.06. The number of rotatable bonds is 3. The number of fused-ring (bicyclic) bond motifs is 3. The Bertz CT molecular complexity index is 564. The van der Waals surface area contributed by atoms with Gasteiger partial charge in [0.05, 0.1) is 0 Å². The molecule has 0 atom stereocenters. The number of aromatic nitrogens is 1. The molecule has 1 aromatic heterocycles. The van der Waals surface area contributed by atoms with Crippen molar-refractivity contribution in [2.45, 2.75) is 19.4 Å². The molecular weight excluding hydrogens is 231 g/mol. The van der Waals surface area contributed by atoms with Crippen molar-refractivity contribution >= 4 is 10.9 Å². The summed E-state index contributed by atoms with van der Waals surface area (Å²) in [5.41, 5.74) is 3.47. The van der Waals surface area contributed by atoms with Crippen molar-refractivity contribution in [2.75, 3.05) is 19.7 Å². The van der Waals surface area contributed by atoms with Crippen molar-refractivity contribution in [3.8, 4) is 0 Å². The second-order valence-corrected chi connectivity index (χ2v) is 4.88. The van der Waals surface area contributed by atoms with Crippen molar-refractivity contribution < 1.29 is 9.50 Å². The average molecular weight is 248 g/mol. The summed E-state index contributed by atoms with van der Waals surface area (Å²) >= 11 is 0. The second kappa shape index (κ2) is 4.71. The monoisotopic (exact) mass is 248 g/mol. The van der Waals surface area contributed by atoms with Gasteiger partial charge in [-0.15, -0.1) is 0 Å². The van der Waals surface area contributed by atoms with Gasteiger partial charge in [0.15, 0.2) is 0 Å². The first-order valence-corrected chi connectivity index (χ1v) is 6.40. The van der Waals surface area contributed by atoms with Crippen molar-refractivity contribution in [1.82, 2.24) is 9.88 Å². The SMILES string of the molecule is OCCCN1CCc2[nH]c3ccc(F)cc3c2C1. The smallest absolute Gasteiger partial charge is 0.123 e. The third kappa shape index (κ3) is 2.02. The molecule has 0 radical (unpaired) electrons. The molecule has 0 saturated carbocycles. The van der Waals surface area contributed by atoms with Crippen LogP contribution in [0.25, 0.3) is 10.9 Å². The number of H-pyrrole nitrogens is 1. The Morgan fingerprint density at radius 3 is 3.11 bits per heavy atom. The molecule has 0 amide bonds. The molecule has 1 aliphatic heterocycles. The number of aliphatic hydroxyl groups is 1. The Labute approximate surface area is 105 Å². The van der Waals surface area contributed by atoms with Gasteiger partial charge in [0.25, 0.3) is 0 Å². The number of benzene rings is 1. The standard InChI is InChI=1S/C14H17FN2O/c15-10-2-3-13-11(8-10)12-9-17(5-1-7-18)6-4-14(12)16-13/h2-3,8,16,18H,1,4-7,9H2. The normalized spacial score (nSPS) is 16.1. The highest BCUT2D eigenvalue weighted by molar-refractivity contribution is 5.84. The highest BCUT2D eigenvalue weighted by Crippen LogP contribution is 2.28. The van der Waals surface area contributed by atoms with Crippen LogP contribution in [0.4, 0.5) is 4.39 Å². The summed E-state index contributed by atoms with van der Waals surface area (Å²) in [6.07, 6.45) is 1.77. The minimum atomic E-state index is -0.184. The van der Waals surface area contributed by atoms with Crippen molar-refractivity contribution in [1.29, 1.82) is 0 Å². The molecule has 96 valence electrons. The number of aromatic amines is 1. The fraction of sp³-hybridized carbons (Fsp3) is 0.429. The molecule has 2 N–H and O–H groups in total. The summed E-state index contributed by atoms with van der Waals surface area (Å²) in [5.74, 6) is -0.184. The number of aliphatic hydroxyl groups excluding tert-OH is 1. The number of nitrogens with zero attached hydrogens (tertiary/aromatic N) is 1. The van der Waals surface area contributed by atoms with Gasteiger partial charge in [0.1, 0.15) is 5.82 Å². The van der Waals surface area contributed by atoms with Gasteiger partial charge in [-0.3, -0.25) is 4.90 Å². The molecule has 3 rings (SSSR count). The Morgan fingerprint density at radius 1 is 1.39 bits per heavy atom. The maximum absolute atomic E-state index is 13.3. The summed E-state index contributed by atoms with van der Waals surface area (Å²) in [6, 6.07) is 4.91. The van der Waals surface area contributed by atoms with Crippen LogP contribution in [0, 0.1) is 5.82 Å². The topological polar surface area (TPSA) is 39.3 Å². The molecule has 0 unspecified atom stereocenters. The lowest BCUT2D eigenvalue weighted by atomic mass is 10.0. The van der Waals surface area contributed by atoms with E-state index in [1.165, 1.54) is 17.3 Å². The van der Waals surface area contributed by atoms with Crippen LogP contribution in [0.3, 0.4) is 0 Å². The zero-order valence-corrected chi connectivity index (χ0v) is 10.2. The Morgan fingerprint density at radius 2 is 2.28 bits per heavy atom. The van der Waals surface area contributed by atoms with E-state index in [4.69, 9.17) is 5.11 Å². The van der Waals surface area contributed by atoms with Crippen molar-refractivity contribution in [3.05, 3.63) is 35.3 Å². The molecule has 3 nitrogen and oxygen atoms in total. The minimum absolute atomic E-state index is 0.184. The summed E-state index contributed by atoms with van der Waals surface area (Å²) in [5, 5.41) is 9.88. The number of halogens is 1. The molecule has 0 fully saturated rings. The lowest BCUT2D eigenvalue weighted by Gasteiger charge is -2.26. The predicted octanol–water partition coefficient (Wildman–Crippen LogP) is 2.05. The van der Waals surface area contributed by atoms with Crippen LogP contribution >= 0.6 is 0 Å². The molecule has 0 aliphatic carbocycles. The average Bonchev–Trinajstić information content (AvgIpc) is 2.74. The van der Waals surface area contributed by atoms with E-state index >= 15 is 0 Å². The van der Waals surface area contributed by atoms with Gasteiger partial charge in [0.2, 0.25) is 0 Å². The first-order chi connectivity index (χ1) is 8.78. The lowest BCUT2D eigenvalue weighted by molar-refractivity contribution is 0.212. The van der Waals surface area contributed by atoms with Crippen LogP contribution in [0.2, 0.25) is 0 Å². The van der Waals surface area contributed by atoms with Gasteiger partial charge < -0.3 is 10.1 Å². The van der Waals surface area contributed by atoms with Gasteiger partial charge in [-0.1, -0.05) is 0 Å². The van der Waals surface area contributed by atoms with E-state index in [1.807, 2.05) is 0 Å². The van der Waals surface area contributed by atoms with E-state index < -0.39 is 0 Å². The van der Waals surface area contributed by atoms with Gasteiger partial charge in [-0.25, -0.2) is 4.39 Å². The lowest BCUT2D eigenvalue weighted by Crippen LogP contribution is -2.31. The highest BCUT2D eigenvalue weighted by Gasteiger charge is 2.20. The van der Waals surface area contributed by atoms with E-state index in [-0.39, 0.29) is 12.4 Å².